The van der Waals surface area contributed by atoms with Gasteiger partial charge in [-0.05, 0) is 228 Å². The van der Waals surface area contributed by atoms with Crippen LogP contribution in [0.25, 0.3) is 67.8 Å². The first-order chi connectivity index (χ1) is 55.2. The Morgan fingerprint density at radius 2 is 0.513 bits per heavy atom. The first kappa shape index (κ1) is 70.0. The molecule has 16 aromatic rings. The SMILES string of the molecule is C=Cc1ccc(C(c2ccccc2)(c2ccc(C(C)(C)C)cc2)c2cccc(N(c3ccc(-c4ccccc4)cc3)c3ccc4c(c3)C3(c5ccccc5-4)c4ccccc4-c4ccc(N(c5ccc(-c6ccccc6)cc5)c5ccc6c(c5)C(c5ccc(C=C)cc5)(c5ccc(C(C)(C)C)cc5)c5ccccc5-6)cc43)c2)cc1. The summed E-state index contributed by atoms with van der Waals surface area (Å²) in [7, 11) is 0. The first-order valence-electron chi connectivity index (χ1n) is 39.7. The normalized spacial score (nSPS) is 15.4. The van der Waals surface area contributed by atoms with E-state index in [0.717, 1.165) is 67.5 Å². The molecule has 0 radical (unpaired) electrons. The third-order valence-electron chi connectivity index (χ3n) is 24.6. The van der Waals surface area contributed by atoms with Crippen molar-refractivity contribution in [3.05, 3.63) is 490 Å². The fourth-order valence-corrected chi connectivity index (χ4v) is 19.1. The standard InChI is InChI=1S/C111H88N2/c1-9-75-41-49-84(50-42-75)109(83-31-18-13-19-32-83,85-57-53-81(54-58-85)107(3,4)5)88-33-26-34-91(71-88)112(89-61-45-79(46-62-89)77-27-14-11-15-28-77)93-66-69-99-96-36-21-24-39-102(96)111(105(99)73-93)103-40-25-22-37-97(103)100-70-67-94(74-106(100)111)113(90-63-47-80(48-64-90)78-29-16-12-17-30-78)92-65-68-98-95-35-20-23-38-101(95)110(104(98)72-92,86-51-43-76(10-2)44-52-86)87-59-55-82(56-60-87)108(6,7)8/h9-74H,1-2H2,3-8H3. The van der Waals surface area contributed by atoms with Crippen molar-refractivity contribution in [2.75, 3.05) is 9.80 Å². The summed E-state index contributed by atoms with van der Waals surface area (Å²) in [5.41, 5.74) is 35.4. The summed E-state index contributed by atoms with van der Waals surface area (Å²) in [5.74, 6) is 0. The van der Waals surface area contributed by atoms with Gasteiger partial charge < -0.3 is 9.80 Å². The quantitative estimate of drug-likeness (QED) is 0.0890. The average molecular weight is 1450 g/mol. The van der Waals surface area contributed by atoms with Gasteiger partial charge >= 0.3 is 0 Å². The maximum absolute atomic E-state index is 4.21. The van der Waals surface area contributed by atoms with E-state index in [0.29, 0.717) is 0 Å². The molecule has 0 amide bonds. The van der Waals surface area contributed by atoms with Gasteiger partial charge in [-0.2, -0.15) is 0 Å². The molecule has 0 bridgehead atoms. The molecule has 0 fully saturated rings. The van der Waals surface area contributed by atoms with Crippen LogP contribution in [0.15, 0.2) is 401 Å². The summed E-state index contributed by atoms with van der Waals surface area (Å²) in [6.45, 7) is 22.2. The first-order valence-corrected chi connectivity index (χ1v) is 39.7. The Labute approximate surface area is 666 Å². The lowest BCUT2D eigenvalue weighted by Crippen LogP contribution is -2.31. The third kappa shape index (κ3) is 11.4. The summed E-state index contributed by atoms with van der Waals surface area (Å²) < 4.78 is 0. The maximum Gasteiger partial charge on any atom is 0.0727 e. The van der Waals surface area contributed by atoms with E-state index in [2.05, 4.69) is 453 Å². The molecule has 19 rings (SSSR count). The van der Waals surface area contributed by atoms with Crippen LogP contribution in [0.5, 0.6) is 0 Å². The molecule has 0 saturated carbocycles. The maximum atomic E-state index is 4.21. The molecule has 0 N–H and O–H groups in total. The number of nitrogens with zero attached hydrogens (tertiary/aromatic N) is 2. The highest BCUT2D eigenvalue weighted by atomic mass is 15.1. The van der Waals surface area contributed by atoms with Crippen LogP contribution in [-0.2, 0) is 27.1 Å². The van der Waals surface area contributed by atoms with Crippen LogP contribution >= 0.6 is 0 Å². The molecule has 3 atom stereocenters. The molecule has 3 aliphatic rings. The molecule has 0 aliphatic heterocycles. The van der Waals surface area contributed by atoms with Crippen molar-refractivity contribution in [2.24, 2.45) is 0 Å². The lowest BCUT2D eigenvalue weighted by atomic mass is 9.64. The van der Waals surface area contributed by atoms with E-state index in [-0.39, 0.29) is 10.8 Å². The smallest absolute Gasteiger partial charge is 0.0727 e. The van der Waals surface area contributed by atoms with Crippen molar-refractivity contribution in [3.63, 3.8) is 0 Å². The van der Waals surface area contributed by atoms with Crippen molar-refractivity contribution in [1.82, 2.24) is 0 Å². The number of hydrogen-bond donors (Lipinski definition) is 0. The summed E-state index contributed by atoms with van der Waals surface area (Å²) in [4.78, 5) is 5.03. The van der Waals surface area contributed by atoms with Gasteiger partial charge in [-0.3, -0.25) is 0 Å². The van der Waals surface area contributed by atoms with Gasteiger partial charge in [0.05, 0.1) is 16.2 Å². The van der Waals surface area contributed by atoms with Gasteiger partial charge in [0, 0.05) is 34.1 Å². The van der Waals surface area contributed by atoms with E-state index in [1.165, 1.54) is 111 Å². The number of anilines is 6. The molecule has 0 aromatic heterocycles. The van der Waals surface area contributed by atoms with E-state index < -0.39 is 16.2 Å². The zero-order valence-corrected chi connectivity index (χ0v) is 64.9. The van der Waals surface area contributed by atoms with Crippen LogP contribution < -0.4 is 9.80 Å². The number of fused-ring (bicyclic) bond motifs is 13. The van der Waals surface area contributed by atoms with Crippen LogP contribution in [0.4, 0.5) is 34.1 Å². The fourth-order valence-electron chi connectivity index (χ4n) is 19.1. The van der Waals surface area contributed by atoms with Crippen molar-refractivity contribution >= 4 is 46.3 Å². The second-order valence-electron chi connectivity index (χ2n) is 32.8. The molecular formula is C111H88N2. The van der Waals surface area contributed by atoms with Gasteiger partial charge in [0.1, 0.15) is 0 Å². The second-order valence-corrected chi connectivity index (χ2v) is 32.8. The zero-order valence-electron chi connectivity index (χ0n) is 64.9. The van der Waals surface area contributed by atoms with Gasteiger partial charge in [-0.1, -0.05) is 382 Å². The highest BCUT2D eigenvalue weighted by molar-refractivity contribution is 5.99. The van der Waals surface area contributed by atoms with Gasteiger partial charge in [0.15, 0.2) is 0 Å². The van der Waals surface area contributed by atoms with Crippen LogP contribution in [-0.4, -0.2) is 0 Å². The topological polar surface area (TPSA) is 6.48 Å². The van der Waals surface area contributed by atoms with Crippen LogP contribution in [0.1, 0.15) is 131 Å². The molecule has 0 saturated heterocycles. The van der Waals surface area contributed by atoms with E-state index in [1.54, 1.807) is 0 Å². The minimum atomic E-state index is -0.762. The molecule has 1 spiro atoms. The molecular weight excluding hydrogens is 1360 g/mol. The predicted molar refractivity (Wildman–Crippen MR) is 476 cm³/mol. The van der Waals surface area contributed by atoms with Crippen molar-refractivity contribution in [2.45, 2.75) is 68.6 Å². The van der Waals surface area contributed by atoms with Gasteiger partial charge in [0.2, 0.25) is 0 Å². The molecule has 2 heteroatoms. The molecule has 3 aliphatic carbocycles. The largest absolute Gasteiger partial charge is 0.310 e. The van der Waals surface area contributed by atoms with Gasteiger partial charge in [0.25, 0.3) is 0 Å². The van der Waals surface area contributed by atoms with Crippen molar-refractivity contribution in [1.29, 1.82) is 0 Å². The Morgan fingerprint density at radius 1 is 0.221 bits per heavy atom. The second kappa shape index (κ2) is 27.6. The molecule has 542 valence electrons. The highest BCUT2D eigenvalue weighted by Gasteiger charge is 2.53. The van der Waals surface area contributed by atoms with Crippen molar-refractivity contribution in [3.8, 4) is 55.6 Å². The van der Waals surface area contributed by atoms with E-state index in [9.17, 15) is 0 Å². The highest BCUT2D eigenvalue weighted by Crippen LogP contribution is 2.65. The monoisotopic (exact) mass is 1450 g/mol. The van der Waals surface area contributed by atoms with Gasteiger partial charge in [-0.25, -0.2) is 0 Å². The van der Waals surface area contributed by atoms with Crippen LogP contribution in [0.2, 0.25) is 0 Å². The summed E-state index contributed by atoms with van der Waals surface area (Å²) in [5, 5.41) is 0. The Morgan fingerprint density at radius 3 is 0.929 bits per heavy atom. The number of benzene rings is 16. The Kier molecular flexibility index (Phi) is 17.1. The summed E-state index contributed by atoms with van der Waals surface area (Å²) in [6, 6.07) is 147. The van der Waals surface area contributed by atoms with E-state index >= 15 is 0 Å². The molecule has 3 unspecified atom stereocenters. The molecule has 2 nitrogen and oxygen atoms in total. The predicted octanol–water partition coefficient (Wildman–Crippen LogP) is 28.9. The zero-order chi connectivity index (χ0) is 76.8. The molecule has 16 aromatic carbocycles. The molecule has 113 heavy (non-hydrogen) atoms. The van der Waals surface area contributed by atoms with E-state index in [1.807, 2.05) is 12.2 Å². The van der Waals surface area contributed by atoms with Crippen LogP contribution in [0.3, 0.4) is 0 Å². The number of rotatable bonds is 16. The Balaban J connectivity index is 0.834. The fraction of sp³-hybridized carbons (Fsp3) is 0.0991. The number of hydrogen-bond acceptors (Lipinski definition) is 2. The summed E-state index contributed by atoms with van der Waals surface area (Å²) >= 11 is 0. The minimum Gasteiger partial charge on any atom is -0.310 e. The minimum absolute atomic E-state index is 0.0333. The lowest BCUT2D eigenvalue weighted by Gasteiger charge is -2.38. The van der Waals surface area contributed by atoms with Crippen LogP contribution in [0, 0.1) is 0 Å². The van der Waals surface area contributed by atoms with E-state index in [4.69, 9.17) is 0 Å². The Hall–Kier alpha value is -13.4. The Bertz CT molecular complexity index is 6290. The van der Waals surface area contributed by atoms with Gasteiger partial charge in [-0.15, -0.1) is 0 Å². The lowest BCUT2D eigenvalue weighted by molar-refractivity contribution is 0.589. The third-order valence-corrected chi connectivity index (χ3v) is 24.6. The average Bonchev–Trinajstić information content (AvgIpc) is 1.51. The molecule has 0 heterocycles. The summed E-state index contributed by atoms with van der Waals surface area (Å²) in [6.07, 6.45) is 3.88. The van der Waals surface area contributed by atoms with Crippen molar-refractivity contribution < 1.29 is 0 Å².